The Hall–Kier alpha value is -2.53. The van der Waals surface area contributed by atoms with Gasteiger partial charge < -0.3 is 4.74 Å². The number of ether oxygens (including phenoxy) is 1. The van der Waals surface area contributed by atoms with Gasteiger partial charge in [0.15, 0.2) is 0 Å². The molecule has 0 radical (unpaired) electrons. The third kappa shape index (κ3) is 3.53. The molecule has 0 aliphatic heterocycles. The molecule has 0 amide bonds. The van der Waals surface area contributed by atoms with Crippen LogP contribution in [0, 0.1) is 11.8 Å². The Morgan fingerprint density at radius 1 is 0.846 bits per heavy atom. The number of esters is 1. The summed E-state index contributed by atoms with van der Waals surface area (Å²) in [5, 5.41) is 0. The van der Waals surface area contributed by atoms with Gasteiger partial charge >= 0.3 is 5.97 Å². The molecule has 2 nitrogen and oxygen atoms in total. The SMILES string of the molecule is COC(=O)c1ccc(C#Cc2ccc3c(c2)C(C)(C)CCC3(C)C)cc1. The monoisotopic (exact) mass is 346 g/mol. The van der Waals surface area contributed by atoms with E-state index in [0.717, 1.165) is 11.1 Å². The first-order chi connectivity index (χ1) is 12.2. The smallest absolute Gasteiger partial charge is 0.337 e. The fourth-order valence-corrected chi connectivity index (χ4v) is 3.62. The highest BCUT2D eigenvalue weighted by Gasteiger charge is 2.36. The summed E-state index contributed by atoms with van der Waals surface area (Å²) in [6.07, 6.45) is 2.41. The number of benzene rings is 2. The summed E-state index contributed by atoms with van der Waals surface area (Å²) in [6.45, 7) is 9.30. The minimum Gasteiger partial charge on any atom is -0.465 e. The molecule has 2 heteroatoms. The molecule has 0 atom stereocenters. The molecule has 1 aliphatic rings. The molecule has 0 bridgehead atoms. The number of methoxy groups -OCH3 is 1. The molecule has 3 rings (SSSR count). The van der Waals surface area contributed by atoms with Crippen molar-refractivity contribution in [1.29, 1.82) is 0 Å². The second kappa shape index (κ2) is 6.65. The van der Waals surface area contributed by atoms with Gasteiger partial charge in [-0.3, -0.25) is 0 Å². The molecule has 0 fully saturated rings. The molecule has 1 aliphatic carbocycles. The van der Waals surface area contributed by atoms with E-state index in [2.05, 4.69) is 57.7 Å². The maximum Gasteiger partial charge on any atom is 0.337 e. The molecule has 0 saturated carbocycles. The van der Waals surface area contributed by atoms with Gasteiger partial charge in [0, 0.05) is 11.1 Å². The largest absolute Gasteiger partial charge is 0.465 e. The summed E-state index contributed by atoms with van der Waals surface area (Å²) >= 11 is 0. The number of fused-ring (bicyclic) bond motifs is 1. The molecule has 2 aromatic rings. The first-order valence-electron chi connectivity index (χ1n) is 9.08. The van der Waals surface area contributed by atoms with Crippen LogP contribution in [-0.2, 0) is 15.6 Å². The van der Waals surface area contributed by atoms with Crippen molar-refractivity contribution in [3.05, 3.63) is 70.3 Å². The van der Waals surface area contributed by atoms with Gasteiger partial charge in [-0.1, -0.05) is 45.6 Å². The maximum atomic E-state index is 11.5. The van der Waals surface area contributed by atoms with Crippen molar-refractivity contribution in [2.75, 3.05) is 7.11 Å². The lowest BCUT2D eigenvalue weighted by Crippen LogP contribution is -2.33. The Kier molecular flexibility index (Phi) is 4.67. The molecule has 0 aromatic heterocycles. The van der Waals surface area contributed by atoms with Crippen molar-refractivity contribution in [2.45, 2.75) is 51.4 Å². The average Bonchev–Trinajstić information content (AvgIpc) is 2.63. The lowest BCUT2D eigenvalue weighted by atomic mass is 9.63. The van der Waals surface area contributed by atoms with E-state index in [1.807, 2.05) is 12.1 Å². The van der Waals surface area contributed by atoms with Crippen LogP contribution in [0.1, 0.15) is 73.1 Å². The van der Waals surface area contributed by atoms with Crippen molar-refractivity contribution < 1.29 is 9.53 Å². The summed E-state index contributed by atoms with van der Waals surface area (Å²) in [7, 11) is 1.38. The fraction of sp³-hybridized carbons (Fsp3) is 0.375. The highest BCUT2D eigenvalue weighted by atomic mass is 16.5. The van der Waals surface area contributed by atoms with E-state index in [4.69, 9.17) is 4.74 Å². The Bertz CT molecular complexity index is 890. The van der Waals surface area contributed by atoms with Gasteiger partial charge in [0.1, 0.15) is 0 Å². The van der Waals surface area contributed by atoms with Gasteiger partial charge in [0.2, 0.25) is 0 Å². The standard InChI is InChI=1S/C24H26O2/c1-23(2)14-15-24(3,4)21-16-18(10-13-20(21)23)7-6-17-8-11-19(12-9-17)22(25)26-5/h8-13,16H,14-15H2,1-5H3. The first kappa shape index (κ1) is 18.3. The van der Waals surface area contributed by atoms with Crippen LogP contribution in [0.3, 0.4) is 0 Å². The highest BCUT2D eigenvalue weighted by Crippen LogP contribution is 2.45. The quantitative estimate of drug-likeness (QED) is 0.522. The average molecular weight is 346 g/mol. The van der Waals surface area contributed by atoms with E-state index < -0.39 is 0 Å². The Labute approximate surface area is 156 Å². The third-order valence-electron chi connectivity index (χ3n) is 5.51. The summed E-state index contributed by atoms with van der Waals surface area (Å²) < 4.78 is 4.72. The summed E-state index contributed by atoms with van der Waals surface area (Å²) in [6, 6.07) is 13.8. The van der Waals surface area contributed by atoms with Gasteiger partial charge in [0.25, 0.3) is 0 Å². The zero-order chi connectivity index (χ0) is 18.9. The van der Waals surface area contributed by atoms with Crippen LogP contribution in [-0.4, -0.2) is 13.1 Å². The Morgan fingerprint density at radius 3 is 2.00 bits per heavy atom. The number of hydrogen-bond donors (Lipinski definition) is 0. The topological polar surface area (TPSA) is 26.3 Å². The Morgan fingerprint density at radius 2 is 1.38 bits per heavy atom. The first-order valence-corrected chi connectivity index (χ1v) is 9.08. The molecule has 0 N–H and O–H groups in total. The molecule has 2 aromatic carbocycles. The van der Waals surface area contributed by atoms with Crippen LogP contribution in [0.5, 0.6) is 0 Å². The maximum absolute atomic E-state index is 11.5. The van der Waals surface area contributed by atoms with Gasteiger partial charge in [0.05, 0.1) is 12.7 Å². The van der Waals surface area contributed by atoms with Crippen LogP contribution >= 0.6 is 0 Å². The fourth-order valence-electron chi connectivity index (χ4n) is 3.62. The zero-order valence-electron chi connectivity index (χ0n) is 16.3. The lowest BCUT2D eigenvalue weighted by molar-refractivity contribution is 0.0600. The van der Waals surface area contributed by atoms with Crippen LogP contribution in [0.2, 0.25) is 0 Å². The minimum absolute atomic E-state index is 0.185. The molecule has 26 heavy (non-hydrogen) atoms. The van der Waals surface area contributed by atoms with Crippen molar-refractivity contribution in [3.8, 4) is 11.8 Å². The van der Waals surface area contributed by atoms with Crippen LogP contribution in [0.15, 0.2) is 42.5 Å². The normalized spacial score (nSPS) is 16.8. The molecule has 0 saturated heterocycles. The number of rotatable bonds is 1. The van der Waals surface area contributed by atoms with Crippen molar-refractivity contribution >= 4 is 5.97 Å². The molecule has 0 unspecified atom stereocenters. The zero-order valence-corrected chi connectivity index (χ0v) is 16.3. The van der Waals surface area contributed by atoms with Crippen molar-refractivity contribution in [2.24, 2.45) is 0 Å². The van der Waals surface area contributed by atoms with Crippen LogP contribution in [0.25, 0.3) is 0 Å². The Balaban J connectivity index is 1.91. The van der Waals surface area contributed by atoms with Crippen LogP contribution < -0.4 is 0 Å². The van der Waals surface area contributed by atoms with E-state index in [1.54, 1.807) is 12.1 Å². The van der Waals surface area contributed by atoms with E-state index in [-0.39, 0.29) is 16.8 Å². The van der Waals surface area contributed by atoms with E-state index in [1.165, 1.54) is 31.1 Å². The number of carbonyl (C=O) groups is 1. The number of carbonyl (C=O) groups excluding carboxylic acids is 1. The highest BCUT2D eigenvalue weighted by molar-refractivity contribution is 5.89. The predicted molar refractivity (Wildman–Crippen MR) is 105 cm³/mol. The van der Waals surface area contributed by atoms with Crippen LogP contribution in [0.4, 0.5) is 0 Å². The van der Waals surface area contributed by atoms with Crippen molar-refractivity contribution in [3.63, 3.8) is 0 Å². The molecule has 134 valence electrons. The summed E-state index contributed by atoms with van der Waals surface area (Å²) in [5.74, 6) is 6.14. The second-order valence-corrected chi connectivity index (χ2v) is 8.35. The lowest BCUT2D eigenvalue weighted by Gasteiger charge is -2.41. The van der Waals surface area contributed by atoms with Gasteiger partial charge in [-0.2, -0.15) is 0 Å². The van der Waals surface area contributed by atoms with E-state index >= 15 is 0 Å². The predicted octanol–water partition coefficient (Wildman–Crippen LogP) is 5.22. The molecule has 0 spiro atoms. The summed E-state index contributed by atoms with van der Waals surface area (Å²) in [4.78, 5) is 11.5. The third-order valence-corrected chi connectivity index (χ3v) is 5.51. The molecule has 0 heterocycles. The van der Waals surface area contributed by atoms with Gasteiger partial charge in [-0.05, 0) is 71.2 Å². The van der Waals surface area contributed by atoms with Gasteiger partial charge in [-0.15, -0.1) is 0 Å². The number of hydrogen-bond acceptors (Lipinski definition) is 2. The van der Waals surface area contributed by atoms with Crippen molar-refractivity contribution in [1.82, 2.24) is 0 Å². The minimum atomic E-state index is -0.330. The summed E-state index contributed by atoms with van der Waals surface area (Å²) in [5.41, 5.74) is 5.73. The second-order valence-electron chi connectivity index (χ2n) is 8.35. The van der Waals surface area contributed by atoms with E-state index in [0.29, 0.717) is 5.56 Å². The molecular formula is C24H26O2. The van der Waals surface area contributed by atoms with Gasteiger partial charge in [-0.25, -0.2) is 4.79 Å². The van der Waals surface area contributed by atoms with E-state index in [9.17, 15) is 4.79 Å². The molecular weight excluding hydrogens is 320 g/mol.